The first kappa shape index (κ1) is 12.0. The summed E-state index contributed by atoms with van der Waals surface area (Å²) in [5.41, 5.74) is 0.734. The third-order valence-corrected chi connectivity index (χ3v) is 3.13. The highest BCUT2D eigenvalue weighted by atomic mass is 16.7. The SMILES string of the molecule is C=C1CN([N+](=O)[O-])C(CCC)(CCC)C1. The summed E-state index contributed by atoms with van der Waals surface area (Å²) in [6.45, 7) is 8.48. The van der Waals surface area contributed by atoms with E-state index in [1.165, 1.54) is 5.01 Å². The topological polar surface area (TPSA) is 46.4 Å². The maximum Gasteiger partial charge on any atom is 0.160 e. The van der Waals surface area contributed by atoms with Gasteiger partial charge in [0.1, 0.15) is 12.1 Å². The zero-order valence-electron chi connectivity index (χ0n) is 9.66. The number of hydrazine groups is 1. The molecule has 1 fully saturated rings. The molecule has 4 heteroatoms. The first-order valence-electron chi connectivity index (χ1n) is 5.64. The minimum absolute atomic E-state index is 0.247. The largest absolute Gasteiger partial charge is 0.235 e. The van der Waals surface area contributed by atoms with Gasteiger partial charge >= 0.3 is 0 Å². The van der Waals surface area contributed by atoms with Gasteiger partial charge in [-0.1, -0.05) is 33.3 Å². The molecule has 0 radical (unpaired) electrons. The van der Waals surface area contributed by atoms with E-state index in [1.807, 2.05) is 0 Å². The molecule has 0 amide bonds. The lowest BCUT2D eigenvalue weighted by Gasteiger charge is -2.31. The minimum Gasteiger partial charge on any atom is -0.235 e. The van der Waals surface area contributed by atoms with Crippen molar-refractivity contribution in [3.8, 4) is 0 Å². The summed E-state index contributed by atoms with van der Waals surface area (Å²) in [6, 6.07) is 0. The van der Waals surface area contributed by atoms with Crippen LogP contribution in [0.4, 0.5) is 0 Å². The summed E-state index contributed by atoms with van der Waals surface area (Å²) < 4.78 is 0. The van der Waals surface area contributed by atoms with E-state index >= 15 is 0 Å². The Morgan fingerprint density at radius 3 is 2.40 bits per heavy atom. The average Bonchev–Trinajstić information content (AvgIpc) is 2.44. The highest BCUT2D eigenvalue weighted by Crippen LogP contribution is 2.39. The summed E-state index contributed by atoms with van der Waals surface area (Å²) >= 11 is 0. The Balaban J connectivity index is 2.91. The van der Waals surface area contributed by atoms with Crippen LogP contribution in [0.2, 0.25) is 0 Å². The van der Waals surface area contributed by atoms with Gasteiger partial charge in [0.2, 0.25) is 0 Å². The summed E-state index contributed by atoms with van der Waals surface area (Å²) in [4.78, 5) is 11.0. The van der Waals surface area contributed by atoms with Crippen LogP contribution >= 0.6 is 0 Å². The molecule has 0 aromatic heterocycles. The molecule has 15 heavy (non-hydrogen) atoms. The summed E-state index contributed by atoms with van der Waals surface area (Å²) in [5.74, 6) is 0. The molecule has 1 heterocycles. The Morgan fingerprint density at radius 1 is 1.47 bits per heavy atom. The molecule has 0 bridgehead atoms. The zero-order valence-corrected chi connectivity index (χ0v) is 9.66. The highest BCUT2D eigenvalue weighted by molar-refractivity contribution is 5.13. The van der Waals surface area contributed by atoms with Crippen molar-refractivity contribution in [2.45, 2.75) is 51.5 Å². The van der Waals surface area contributed by atoms with Crippen molar-refractivity contribution >= 4 is 0 Å². The molecule has 86 valence electrons. The first-order chi connectivity index (χ1) is 7.05. The lowest BCUT2D eigenvalue weighted by molar-refractivity contribution is -0.669. The Bertz CT molecular complexity index is 257. The molecule has 1 rings (SSSR count). The molecule has 0 aromatic carbocycles. The van der Waals surface area contributed by atoms with Gasteiger partial charge < -0.3 is 0 Å². The van der Waals surface area contributed by atoms with E-state index in [9.17, 15) is 10.1 Å². The van der Waals surface area contributed by atoms with Crippen molar-refractivity contribution in [3.05, 3.63) is 22.3 Å². The summed E-state index contributed by atoms with van der Waals surface area (Å²) in [6.07, 6.45) is 4.53. The second-order valence-corrected chi connectivity index (χ2v) is 4.45. The Morgan fingerprint density at radius 2 is 2.00 bits per heavy atom. The molecule has 0 N–H and O–H groups in total. The van der Waals surface area contributed by atoms with Gasteiger partial charge in [0.25, 0.3) is 0 Å². The average molecular weight is 212 g/mol. The fourth-order valence-corrected chi connectivity index (χ4v) is 2.71. The van der Waals surface area contributed by atoms with Crippen LogP contribution in [0.3, 0.4) is 0 Å². The number of hydrogen-bond acceptors (Lipinski definition) is 2. The van der Waals surface area contributed by atoms with Crippen molar-refractivity contribution in [2.75, 3.05) is 6.54 Å². The van der Waals surface area contributed by atoms with Crippen molar-refractivity contribution in [1.82, 2.24) is 5.01 Å². The molecular weight excluding hydrogens is 192 g/mol. The van der Waals surface area contributed by atoms with Crippen LogP contribution in [0.5, 0.6) is 0 Å². The van der Waals surface area contributed by atoms with Crippen LogP contribution in [-0.2, 0) is 0 Å². The van der Waals surface area contributed by atoms with Gasteiger partial charge in [-0.05, 0) is 24.8 Å². The maximum absolute atomic E-state index is 11.0. The summed E-state index contributed by atoms with van der Waals surface area (Å²) in [5, 5.41) is 12.2. The maximum atomic E-state index is 11.0. The minimum atomic E-state index is -0.260. The van der Waals surface area contributed by atoms with Gasteiger partial charge in [0.15, 0.2) is 5.03 Å². The summed E-state index contributed by atoms with van der Waals surface area (Å²) in [7, 11) is 0. The third-order valence-electron chi connectivity index (χ3n) is 3.13. The van der Waals surface area contributed by atoms with Gasteiger partial charge in [-0.15, -0.1) is 5.01 Å². The quantitative estimate of drug-likeness (QED) is 0.400. The molecule has 1 saturated heterocycles. The molecule has 1 aliphatic rings. The van der Waals surface area contributed by atoms with E-state index in [-0.39, 0.29) is 10.6 Å². The van der Waals surface area contributed by atoms with E-state index in [2.05, 4.69) is 20.4 Å². The molecule has 0 saturated carbocycles. The predicted molar refractivity (Wildman–Crippen MR) is 60.0 cm³/mol. The van der Waals surface area contributed by atoms with Crippen molar-refractivity contribution in [3.63, 3.8) is 0 Å². The van der Waals surface area contributed by atoms with E-state index in [4.69, 9.17) is 0 Å². The van der Waals surface area contributed by atoms with E-state index in [0.717, 1.165) is 37.7 Å². The van der Waals surface area contributed by atoms with E-state index < -0.39 is 0 Å². The molecule has 0 aromatic rings. The predicted octanol–water partition coefficient (Wildman–Crippen LogP) is 2.78. The fraction of sp³-hybridized carbons (Fsp3) is 0.818. The number of nitro groups is 1. The molecule has 0 atom stereocenters. The van der Waals surface area contributed by atoms with Gasteiger partial charge in [0, 0.05) is 0 Å². The first-order valence-corrected chi connectivity index (χ1v) is 5.64. The normalized spacial score (nSPS) is 19.6. The molecule has 4 nitrogen and oxygen atoms in total. The molecule has 0 aliphatic carbocycles. The molecule has 1 aliphatic heterocycles. The van der Waals surface area contributed by atoms with E-state index in [1.54, 1.807) is 0 Å². The number of rotatable bonds is 5. The van der Waals surface area contributed by atoms with Gasteiger partial charge in [-0.2, -0.15) is 0 Å². The molecule has 0 unspecified atom stereocenters. The zero-order chi connectivity index (χ0) is 11.5. The lowest BCUT2D eigenvalue weighted by atomic mass is 9.86. The molecular formula is C11H20N2O2. The Kier molecular flexibility index (Phi) is 3.72. The lowest BCUT2D eigenvalue weighted by Crippen LogP contribution is -2.46. The Labute approximate surface area is 91.1 Å². The smallest absolute Gasteiger partial charge is 0.160 e. The van der Waals surface area contributed by atoms with Crippen LogP contribution in [-0.4, -0.2) is 22.1 Å². The Hall–Kier alpha value is -1.06. The van der Waals surface area contributed by atoms with Crippen LogP contribution in [0.15, 0.2) is 12.2 Å². The van der Waals surface area contributed by atoms with Crippen molar-refractivity contribution < 1.29 is 5.03 Å². The monoisotopic (exact) mass is 212 g/mol. The second kappa shape index (κ2) is 4.64. The van der Waals surface area contributed by atoms with Crippen LogP contribution in [0.25, 0.3) is 0 Å². The number of nitrogens with zero attached hydrogens (tertiary/aromatic N) is 2. The second-order valence-electron chi connectivity index (χ2n) is 4.45. The highest BCUT2D eigenvalue weighted by Gasteiger charge is 2.47. The van der Waals surface area contributed by atoms with Gasteiger partial charge in [-0.25, -0.2) is 10.1 Å². The van der Waals surface area contributed by atoms with Crippen molar-refractivity contribution in [2.24, 2.45) is 0 Å². The third kappa shape index (κ3) is 2.30. The van der Waals surface area contributed by atoms with E-state index in [0.29, 0.717) is 6.54 Å². The standard InChI is InChI=1S/C11H20N2O2/c1-4-6-11(7-5-2)8-10(3)9-12(11)13(14)15/h3-9H2,1-2H3. The van der Waals surface area contributed by atoms with Crippen LogP contribution in [0.1, 0.15) is 46.0 Å². The number of hydrogen-bond donors (Lipinski definition) is 0. The van der Waals surface area contributed by atoms with Gasteiger partial charge in [-0.3, -0.25) is 0 Å². The van der Waals surface area contributed by atoms with Gasteiger partial charge in [0.05, 0.1) is 0 Å². The molecule has 0 spiro atoms. The van der Waals surface area contributed by atoms with Crippen molar-refractivity contribution in [1.29, 1.82) is 0 Å². The van der Waals surface area contributed by atoms with Crippen LogP contribution < -0.4 is 0 Å². The fourth-order valence-electron chi connectivity index (χ4n) is 2.71. The van der Waals surface area contributed by atoms with Crippen LogP contribution in [0, 0.1) is 10.1 Å².